The van der Waals surface area contributed by atoms with Crippen molar-refractivity contribution in [2.45, 2.75) is 53.0 Å². The highest BCUT2D eigenvalue weighted by molar-refractivity contribution is 5.81. The molecule has 1 rings (SSSR count). The molecule has 1 amide bonds. The molecule has 7 heteroatoms. The van der Waals surface area contributed by atoms with Gasteiger partial charge in [-0.25, -0.2) is 4.99 Å². The van der Waals surface area contributed by atoms with Crippen LogP contribution < -0.4 is 16.0 Å². The highest BCUT2D eigenvalue weighted by Gasteiger charge is 2.07. The van der Waals surface area contributed by atoms with Crippen LogP contribution >= 0.6 is 0 Å². The molecule has 0 aliphatic rings. The van der Waals surface area contributed by atoms with Crippen molar-refractivity contribution in [3.8, 4) is 0 Å². The Labute approximate surface area is 138 Å². The number of rotatable bonds is 9. The lowest BCUT2D eigenvalue weighted by Gasteiger charge is -2.10. The quantitative estimate of drug-likeness (QED) is 0.476. The summed E-state index contributed by atoms with van der Waals surface area (Å²) in [5, 5.41) is 13.2. The van der Waals surface area contributed by atoms with Crippen LogP contribution in [0.2, 0.25) is 0 Å². The number of nitrogens with zero attached hydrogens (tertiary/aromatic N) is 2. The first-order valence-corrected chi connectivity index (χ1v) is 8.31. The lowest BCUT2D eigenvalue weighted by molar-refractivity contribution is -0.120. The number of amides is 1. The maximum Gasteiger partial charge on any atom is 0.221 e. The molecule has 7 nitrogen and oxygen atoms in total. The second-order valence-electron chi connectivity index (χ2n) is 5.59. The standard InChI is InChI=1S/C16H29N5O2/c1-5-8-18-15(22)7-9-19-16(17-6-2)20-11-13-10-14(12(3)4)21-23-13/h10,12H,5-9,11H2,1-4H3,(H,18,22)(H2,17,19,20). The van der Waals surface area contributed by atoms with E-state index in [4.69, 9.17) is 4.52 Å². The number of nitrogens with one attached hydrogen (secondary N) is 3. The molecule has 1 aromatic rings. The van der Waals surface area contributed by atoms with E-state index in [0.717, 1.165) is 31.0 Å². The summed E-state index contributed by atoms with van der Waals surface area (Å²) in [4.78, 5) is 16.0. The van der Waals surface area contributed by atoms with Crippen molar-refractivity contribution >= 4 is 11.9 Å². The predicted octanol–water partition coefficient (Wildman–Crippen LogP) is 1.77. The number of aliphatic imine (C=N–C) groups is 1. The van der Waals surface area contributed by atoms with Gasteiger partial charge >= 0.3 is 0 Å². The number of hydrogen-bond donors (Lipinski definition) is 3. The first kappa shape index (κ1) is 19.0. The summed E-state index contributed by atoms with van der Waals surface area (Å²) in [6, 6.07) is 1.93. The van der Waals surface area contributed by atoms with E-state index < -0.39 is 0 Å². The number of carbonyl (C=O) groups is 1. The van der Waals surface area contributed by atoms with E-state index >= 15 is 0 Å². The third-order valence-corrected chi connectivity index (χ3v) is 3.12. The molecule has 0 aromatic carbocycles. The van der Waals surface area contributed by atoms with Gasteiger partial charge in [0, 0.05) is 32.1 Å². The molecule has 0 saturated carbocycles. The minimum atomic E-state index is 0.0482. The third-order valence-electron chi connectivity index (χ3n) is 3.12. The van der Waals surface area contributed by atoms with Gasteiger partial charge in [0.15, 0.2) is 11.7 Å². The summed E-state index contributed by atoms with van der Waals surface area (Å²) in [6.07, 6.45) is 1.36. The fraction of sp³-hybridized carbons (Fsp3) is 0.688. The summed E-state index contributed by atoms with van der Waals surface area (Å²) in [5.41, 5.74) is 0.931. The fourth-order valence-electron chi connectivity index (χ4n) is 1.82. The SMILES string of the molecule is CCCNC(=O)CCNC(=NCc1cc(C(C)C)no1)NCC. The van der Waals surface area contributed by atoms with Gasteiger partial charge in [-0.3, -0.25) is 4.79 Å². The van der Waals surface area contributed by atoms with Gasteiger partial charge < -0.3 is 20.5 Å². The van der Waals surface area contributed by atoms with Crippen molar-refractivity contribution in [1.29, 1.82) is 0 Å². The number of carbonyl (C=O) groups excluding carboxylic acids is 1. The highest BCUT2D eigenvalue weighted by Crippen LogP contribution is 2.14. The Balaban J connectivity index is 2.44. The average Bonchev–Trinajstić information content (AvgIpc) is 2.99. The summed E-state index contributed by atoms with van der Waals surface area (Å²) >= 11 is 0. The molecule has 0 aliphatic heterocycles. The normalized spacial score (nSPS) is 11.6. The lowest BCUT2D eigenvalue weighted by atomic mass is 10.1. The summed E-state index contributed by atoms with van der Waals surface area (Å²) < 4.78 is 5.26. The zero-order valence-corrected chi connectivity index (χ0v) is 14.6. The van der Waals surface area contributed by atoms with Crippen LogP contribution in [0.1, 0.15) is 57.9 Å². The van der Waals surface area contributed by atoms with E-state index in [1.54, 1.807) is 0 Å². The second kappa shape index (κ2) is 10.6. The van der Waals surface area contributed by atoms with Gasteiger partial charge in [0.25, 0.3) is 0 Å². The molecule has 0 bridgehead atoms. The molecule has 3 N–H and O–H groups in total. The van der Waals surface area contributed by atoms with Gasteiger partial charge in [-0.05, 0) is 19.3 Å². The topological polar surface area (TPSA) is 91.5 Å². The molecular formula is C16H29N5O2. The summed E-state index contributed by atoms with van der Waals surface area (Å²) in [6.45, 7) is 10.6. The Kier molecular flexibility index (Phi) is 8.79. The molecule has 0 atom stereocenters. The smallest absolute Gasteiger partial charge is 0.221 e. The lowest BCUT2D eigenvalue weighted by Crippen LogP contribution is -2.39. The molecule has 0 fully saturated rings. The van der Waals surface area contributed by atoms with Gasteiger partial charge in [-0.2, -0.15) is 0 Å². The first-order valence-electron chi connectivity index (χ1n) is 8.31. The average molecular weight is 323 g/mol. The summed E-state index contributed by atoms with van der Waals surface area (Å²) in [5.74, 6) is 1.78. The van der Waals surface area contributed by atoms with E-state index in [0.29, 0.717) is 31.4 Å². The van der Waals surface area contributed by atoms with E-state index in [-0.39, 0.29) is 5.91 Å². The maximum atomic E-state index is 11.6. The zero-order valence-electron chi connectivity index (χ0n) is 14.6. The molecule has 0 saturated heterocycles. The number of hydrogen-bond acceptors (Lipinski definition) is 4. The molecule has 0 spiro atoms. The predicted molar refractivity (Wildman–Crippen MR) is 91.3 cm³/mol. The van der Waals surface area contributed by atoms with Crippen LogP contribution in [0.4, 0.5) is 0 Å². The van der Waals surface area contributed by atoms with Crippen LogP contribution in [0.3, 0.4) is 0 Å². The van der Waals surface area contributed by atoms with Crippen LogP contribution in [0.25, 0.3) is 0 Å². The summed E-state index contributed by atoms with van der Waals surface area (Å²) in [7, 11) is 0. The van der Waals surface area contributed by atoms with Crippen molar-refractivity contribution < 1.29 is 9.32 Å². The zero-order chi connectivity index (χ0) is 17.1. The van der Waals surface area contributed by atoms with Crippen LogP contribution in [0.5, 0.6) is 0 Å². The molecular weight excluding hydrogens is 294 g/mol. The largest absolute Gasteiger partial charge is 0.359 e. The Morgan fingerprint density at radius 2 is 2.04 bits per heavy atom. The van der Waals surface area contributed by atoms with Gasteiger partial charge in [-0.15, -0.1) is 0 Å². The molecule has 0 radical (unpaired) electrons. The molecule has 23 heavy (non-hydrogen) atoms. The van der Waals surface area contributed by atoms with Crippen molar-refractivity contribution in [1.82, 2.24) is 21.1 Å². The Morgan fingerprint density at radius 1 is 1.26 bits per heavy atom. The van der Waals surface area contributed by atoms with Crippen LogP contribution in [0.15, 0.2) is 15.6 Å². The fourth-order valence-corrected chi connectivity index (χ4v) is 1.82. The van der Waals surface area contributed by atoms with Gasteiger partial charge in [0.2, 0.25) is 5.91 Å². The number of aromatic nitrogens is 1. The van der Waals surface area contributed by atoms with Gasteiger partial charge in [-0.1, -0.05) is 25.9 Å². The molecule has 0 aliphatic carbocycles. The second-order valence-corrected chi connectivity index (χ2v) is 5.59. The van der Waals surface area contributed by atoms with Gasteiger partial charge in [0.05, 0.1) is 5.69 Å². The van der Waals surface area contributed by atoms with Crippen molar-refractivity contribution in [2.75, 3.05) is 19.6 Å². The van der Waals surface area contributed by atoms with E-state index in [1.165, 1.54) is 0 Å². The van der Waals surface area contributed by atoms with Crippen LogP contribution in [-0.2, 0) is 11.3 Å². The maximum absolute atomic E-state index is 11.6. The molecule has 1 aromatic heterocycles. The minimum Gasteiger partial charge on any atom is -0.359 e. The van der Waals surface area contributed by atoms with Crippen LogP contribution in [-0.4, -0.2) is 36.7 Å². The minimum absolute atomic E-state index is 0.0482. The van der Waals surface area contributed by atoms with Crippen molar-refractivity contribution in [2.24, 2.45) is 4.99 Å². The highest BCUT2D eigenvalue weighted by atomic mass is 16.5. The van der Waals surface area contributed by atoms with E-state index in [2.05, 4.69) is 39.9 Å². The van der Waals surface area contributed by atoms with E-state index in [1.807, 2.05) is 19.9 Å². The molecule has 1 heterocycles. The van der Waals surface area contributed by atoms with Crippen molar-refractivity contribution in [3.63, 3.8) is 0 Å². The third kappa shape index (κ3) is 7.67. The Morgan fingerprint density at radius 3 is 2.65 bits per heavy atom. The molecule has 130 valence electrons. The first-order chi connectivity index (χ1) is 11.1. The van der Waals surface area contributed by atoms with Gasteiger partial charge in [0.1, 0.15) is 6.54 Å². The number of guanidine groups is 1. The molecule has 0 unspecified atom stereocenters. The van der Waals surface area contributed by atoms with Crippen LogP contribution in [0, 0.1) is 0 Å². The monoisotopic (exact) mass is 323 g/mol. The Hall–Kier alpha value is -2.05. The van der Waals surface area contributed by atoms with Crippen molar-refractivity contribution in [3.05, 3.63) is 17.5 Å². The Bertz CT molecular complexity index is 496. The van der Waals surface area contributed by atoms with E-state index in [9.17, 15) is 4.79 Å².